The van der Waals surface area contributed by atoms with Crippen LogP contribution in [0.4, 0.5) is 10.7 Å². The van der Waals surface area contributed by atoms with E-state index in [1.165, 1.54) is 0 Å². The summed E-state index contributed by atoms with van der Waals surface area (Å²) in [4.78, 5) is 21.7. The Balaban J connectivity index is 1.59. The molecule has 0 aliphatic carbocycles. The highest BCUT2D eigenvalue weighted by molar-refractivity contribution is 5.73. The molecule has 2 aromatic heterocycles. The number of urea groups is 1. The number of hydrogen-bond acceptors (Lipinski definition) is 7. The van der Waals surface area contributed by atoms with Crippen LogP contribution in [-0.2, 0) is 0 Å². The predicted octanol–water partition coefficient (Wildman–Crippen LogP) is 0.784. The fourth-order valence-electron chi connectivity index (χ4n) is 2.96. The summed E-state index contributed by atoms with van der Waals surface area (Å²) in [5, 5.41) is 11.5. The van der Waals surface area contributed by atoms with Crippen molar-refractivity contribution < 1.29 is 9.53 Å². The van der Waals surface area contributed by atoms with Crippen LogP contribution in [0.25, 0.3) is 16.9 Å². The lowest BCUT2D eigenvalue weighted by atomic mass is 10.3. The smallest absolute Gasteiger partial charge is 0.314 e. The average molecular weight is 354 g/mol. The first kappa shape index (κ1) is 16.1. The number of hydrogen-bond donors (Lipinski definition) is 2. The summed E-state index contributed by atoms with van der Waals surface area (Å²) in [6.45, 7) is 1.16. The van der Waals surface area contributed by atoms with Gasteiger partial charge in [-0.2, -0.15) is 9.67 Å². The van der Waals surface area contributed by atoms with Crippen molar-refractivity contribution >= 4 is 23.1 Å². The lowest BCUT2D eigenvalue weighted by molar-refractivity contribution is 0.218. The number of fused-ring (bicyclic) bond motifs is 1. The van der Waals surface area contributed by atoms with Crippen molar-refractivity contribution in [1.82, 2.24) is 29.9 Å². The normalized spacial score (nSPS) is 16.8. The maximum atomic E-state index is 11.2. The van der Waals surface area contributed by atoms with E-state index in [4.69, 9.17) is 10.5 Å². The van der Waals surface area contributed by atoms with Gasteiger partial charge in [0.2, 0.25) is 5.95 Å². The van der Waals surface area contributed by atoms with Crippen molar-refractivity contribution in [2.24, 2.45) is 5.73 Å². The molecule has 1 aliphatic rings. The van der Waals surface area contributed by atoms with Crippen LogP contribution < -0.4 is 15.8 Å². The van der Waals surface area contributed by atoms with Crippen molar-refractivity contribution in [2.45, 2.75) is 12.5 Å². The first-order valence-electron chi connectivity index (χ1n) is 8.18. The summed E-state index contributed by atoms with van der Waals surface area (Å²) in [6, 6.07) is 7.10. The highest BCUT2D eigenvalue weighted by atomic mass is 16.5. The molecule has 1 unspecified atom stereocenters. The van der Waals surface area contributed by atoms with Crippen LogP contribution in [0.5, 0.6) is 5.75 Å². The fourth-order valence-corrected chi connectivity index (χ4v) is 2.96. The summed E-state index contributed by atoms with van der Waals surface area (Å²) in [6.07, 6.45) is 2.42. The highest BCUT2D eigenvalue weighted by Gasteiger charge is 2.25. The molecule has 3 heterocycles. The zero-order valence-electron chi connectivity index (χ0n) is 14.2. The van der Waals surface area contributed by atoms with Gasteiger partial charge in [-0.25, -0.2) is 9.78 Å². The van der Waals surface area contributed by atoms with E-state index in [1.54, 1.807) is 22.9 Å². The molecular formula is C16H18N8O2. The standard InChI is InChI=1S/C16H18N8O2/c1-26-12-4-2-11(3-5-12)24-14-13(21-22-24)8-18-16(20-14)19-10-6-7-23(9-10)15(17)25/h2-5,8,10H,6-7,9H2,1H3,(H2,17,25)(H,18,19,20). The van der Waals surface area contributed by atoms with Crippen molar-refractivity contribution in [2.75, 3.05) is 25.5 Å². The van der Waals surface area contributed by atoms with Gasteiger partial charge in [-0.15, -0.1) is 5.10 Å². The third kappa shape index (κ3) is 2.96. The number of carbonyl (C=O) groups is 1. The molecule has 10 heteroatoms. The maximum absolute atomic E-state index is 11.2. The molecule has 4 rings (SSSR count). The first-order valence-corrected chi connectivity index (χ1v) is 8.18. The topological polar surface area (TPSA) is 124 Å². The Kier molecular flexibility index (Phi) is 3.99. The zero-order chi connectivity index (χ0) is 18.1. The molecular weight excluding hydrogens is 336 g/mol. The van der Waals surface area contributed by atoms with E-state index in [1.807, 2.05) is 24.3 Å². The number of nitrogens with one attached hydrogen (secondary N) is 1. The second-order valence-electron chi connectivity index (χ2n) is 6.02. The van der Waals surface area contributed by atoms with E-state index in [0.29, 0.717) is 30.2 Å². The van der Waals surface area contributed by atoms with Gasteiger partial charge in [0, 0.05) is 19.1 Å². The Morgan fingerprint density at radius 2 is 2.15 bits per heavy atom. The van der Waals surface area contributed by atoms with E-state index in [0.717, 1.165) is 17.9 Å². The molecule has 10 nitrogen and oxygen atoms in total. The van der Waals surface area contributed by atoms with Crippen LogP contribution in [0.1, 0.15) is 6.42 Å². The van der Waals surface area contributed by atoms with Gasteiger partial charge in [-0.3, -0.25) is 0 Å². The molecule has 2 amide bonds. The number of methoxy groups -OCH3 is 1. The second kappa shape index (κ2) is 6.47. The zero-order valence-corrected chi connectivity index (χ0v) is 14.2. The largest absolute Gasteiger partial charge is 0.497 e. The Labute approximate surface area is 149 Å². The van der Waals surface area contributed by atoms with Crippen LogP contribution >= 0.6 is 0 Å². The van der Waals surface area contributed by atoms with Crippen LogP contribution in [0, 0.1) is 0 Å². The summed E-state index contributed by atoms with van der Waals surface area (Å²) in [7, 11) is 1.62. The van der Waals surface area contributed by atoms with Gasteiger partial charge in [0.15, 0.2) is 11.2 Å². The molecule has 3 aromatic rings. The number of rotatable bonds is 4. The molecule has 1 aromatic carbocycles. The van der Waals surface area contributed by atoms with Gasteiger partial charge in [-0.05, 0) is 30.7 Å². The van der Waals surface area contributed by atoms with Crippen molar-refractivity contribution in [3.8, 4) is 11.4 Å². The lowest BCUT2D eigenvalue weighted by Crippen LogP contribution is -2.35. The number of nitrogens with two attached hydrogens (primary N) is 1. The lowest BCUT2D eigenvalue weighted by Gasteiger charge is -2.14. The molecule has 0 spiro atoms. The molecule has 1 fully saturated rings. The number of benzene rings is 1. The molecule has 1 saturated heterocycles. The van der Waals surface area contributed by atoms with Crippen LogP contribution in [0.15, 0.2) is 30.5 Å². The van der Waals surface area contributed by atoms with Crippen LogP contribution in [0.3, 0.4) is 0 Å². The summed E-state index contributed by atoms with van der Waals surface area (Å²) in [5.41, 5.74) is 7.33. The van der Waals surface area contributed by atoms with Crippen molar-refractivity contribution in [1.29, 1.82) is 0 Å². The van der Waals surface area contributed by atoms with Gasteiger partial charge in [-0.1, -0.05) is 5.21 Å². The van der Waals surface area contributed by atoms with E-state index >= 15 is 0 Å². The minimum Gasteiger partial charge on any atom is -0.497 e. The maximum Gasteiger partial charge on any atom is 0.314 e. The molecule has 134 valence electrons. The van der Waals surface area contributed by atoms with E-state index < -0.39 is 6.03 Å². The Morgan fingerprint density at radius 1 is 1.35 bits per heavy atom. The fraction of sp³-hybridized carbons (Fsp3) is 0.312. The van der Waals surface area contributed by atoms with Gasteiger partial charge in [0.05, 0.1) is 19.0 Å². The van der Waals surface area contributed by atoms with Gasteiger partial charge < -0.3 is 20.7 Å². The molecule has 26 heavy (non-hydrogen) atoms. The van der Waals surface area contributed by atoms with Crippen molar-refractivity contribution in [3.05, 3.63) is 30.5 Å². The van der Waals surface area contributed by atoms with Gasteiger partial charge in [0.25, 0.3) is 0 Å². The predicted molar refractivity (Wildman–Crippen MR) is 94.2 cm³/mol. The van der Waals surface area contributed by atoms with E-state index in [9.17, 15) is 4.79 Å². The number of primary amides is 1. The number of carbonyl (C=O) groups excluding carboxylic acids is 1. The number of aromatic nitrogens is 5. The molecule has 0 bridgehead atoms. The molecule has 3 N–H and O–H groups in total. The Hall–Kier alpha value is -3.43. The van der Waals surface area contributed by atoms with Crippen LogP contribution in [-0.4, -0.2) is 62.1 Å². The summed E-state index contributed by atoms with van der Waals surface area (Å²) in [5.74, 6) is 1.22. The van der Waals surface area contributed by atoms with E-state index in [-0.39, 0.29) is 6.04 Å². The number of ether oxygens (including phenoxy) is 1. The molecule has 0 saturated carbocycles. The molecule has 1 atom stereocenters. The third-order valence-corrected chi connectivity index (χ3v) is 4.34. The highest BCUT2D eigenvalue weighted by Crippen LogP contribution is 2.19. The number of likely N-dealkylation sites (tertiary alicyclic amines) is 1. The molecule has 0 radical (unpaired) electrons. The number of nitrogens with zero attached hydrogens (tertiary/aromatic N) is 6. The molecule has 1 aliphatic heterocycles. The monoisotopic (exact) mass is 354 g/mol. The second-order valence-corrected chi connectivity index (χ2v) is 6.02. The summed E-state index contributed by atoms with van der Waals surface area (Å²) >= 11 is 0. The van der Waals surface area contributed by atoms with Crippen molar-refractivity contribution in [3.63, 3.8) is 0 Å². The number of amides is 2. The average Bonchev–Trinajstić information content (AvgIpc) is 3.29. The Bertz CT molecular complexity index is 939. The van der Waals surface area contributed by atoms with Crippen LogP contribution in [0.2, 0.25) is 0 Å². The summed E-state index contributed by atoms with van der Waals surface area (Å²) < 4.78 is 6.82. The quantitative estimate of drug-likeness (QED) is 0.709. The number of anilines is 1. The minimum absolute atomic E-state index is 0.0604. The van der Waals surface area contributed by atoms with E-state index in [2.05, 4.69) is 25.6 Å². The first-order chi connectivity index (χ1) is 12.6. The SMILES string of the molecule is COc1ccc(-n2nnc3cnc(NC4CCN(C(N)=O)C4)nc32)cc1. The Morgan fingerprint density at radius 3 is 2.85 bits per heavy atom. The van der Waals surface area contributed by atoms with Gasteiger partial charge in [0.1, 0.15) is 5.75 Å². The third-order valence-electron chi connectivity index (χ3n) is 4.34. The minimum atomic E-state index is -0.410. The van der Waals surface area contributed by atoms with Gasteiger partial charge >= 0.3 is 6.03 Å².